The van der Waals surface area contributed by atoms with Gasteiger partial charge in [0.15, 0.2) is 0 Å². The van der Waals surface area contributed by atoms with Gasteiger partial charge in [0.05, 0.1) is 6.10 Å². The Morgan fingerprint density at radius 2 is 1.82 bits per heavy atom. The summed E-state index contributed by atoms with van der Waals surface area (Å²) < 4.78 is 5.72. The van der Waals surface area contributed by atoms with Crippen LogP contribution in [0.1, 0.15) is 45.4 Å². The lowest BCUT2D eigenvalue weighted by Crippen LogP contribution is -2.52. The first-order chi connectivity index (χ1) is 8.24. The molecule has 1 saturated heterocycles. The third-order valence-electron chi connectivity index (χ3n) is 4.73. The lowest BCUT2D eigenvalue weighted by Gasteiger charge is -2.38. The van der Waals surface area contributed by atoms with Gasteiger partial charge in [0.25, 0.3) is 0 Å². The molecule has 0 aromatic carbocycles. The van der Waals surface area contributed by atoms with Crippen LogP contribution in [0.4, 0.5) is 0 Å². The zero-order valence-corrected chi connectivity index (χ0v) is 11.6. The Kier molecular flexibility index (Phi) is 4.83. The van der Waals surface area contributed by atoms with Crippen molar-refractivity contribution < 1.29 is 4.74 Å². The normalized spacial score (nSPS) is 39.5. The molecule has 1 aliphatic carbocycles. The largest absolute Gasteiger partial charge is 0.377 e. The second kappa shape index (κ2) is 6.17. The minimum atomic E-state index is 0.403. The van der Waals surface area contributed by atoms with E-state index in [-0.39, 0.29) is 0 Å². The molecule has 3 nitrogen and oxygen atoms in total. The van der Waals surface area contributed by atoms with Crippen molar-refractivity contribution in [3.8, 4) is 0 Å². The highest BCUT2D eigenvalue weighted by Crippen LogP contribution is 2.27. The molecule has 0 aromatic heterocycles. The molecule has 4 atom stereocenters. The van der Waals surface area contributed by atoms with Crippen LogP contribution < -0.4 is 5.32 Å². The molecule has 17 heavy (non-hydrogen) atoms. The van der Waals surface area contributed by atoms with Crippen molar-refractivity contribution in [2.75, 3.05) is 20.7 Å². The molecule has 0 spiro atoms. The van der Waals surface area contributed by atoms with E-state index in [1.807, 2.05) is 0 Å². The monoisotopic (exact) mass is 240 g/mol. The fraction of sp³-hybridized carbons (Fsp3) is 1.00. The molecule has 0 amide bonds. The van der Waals surface area contributed by atoms with E-state index in [9.17, 15) is 0 Å². The first-order valence-corrected chi connectivity index (χ1v) is 7.25. The fourth-order valence-corrected chi connectivity index (χ4v) is 3.61. The van der Waals surface area contributed by atoms with Crippen molar-refractivity contribution in [3.05, 3.63) is 0 Å². The van der Waals surface area contributed by atoms with Gasteiger partial charge in [-0.25, -0.2) is 0 Å². The molecule has 0 radical (unpaired) electrons. The standard InChI is InChI=1S/C14H28N2O/c1-11-13(9-10-17-11)16(3)14-8-6-4-5-7-12(14)15-2/h11-15H,4-10H2,1-3H3. The Morgan fingerprint density at radius 1 is 1.06 bits per heavy atom. The molecule has 2 rings (SSSR count). The van der Waals surface area contributed by atoms with E-state index in [1.165, 1.54) is 38.5 Å². The summed E-state index contributed by atoms with van der Waals surface area (Å²) >= 11 is 0. The van der Waals surface area contributed by atoms with E-state index >= 15 is 0 Å². The van der Waals surface area contributed by atoms with Gasteiger partial charge in [-0.3, -0.25) is 4.90 Å². The van der Waals surface area contributed by atoms with Gasteiger partial charge in [0, 0.05) is 24.7 Å². The average Bonchev–Trinajstić information content (AvgIpc) is 2.64. The Labute approximate surface area is 106 Å². The molecule has 4 unspecified atom stereocenters. The van der Waals surface area contributed by atoms with Crippen LogP contribution in [0, 0.1) is 0 Å². The maximum atomic E-state index is 5.72. The van der Waals surface area contributed by atoms with Gasteiger partial charge >= 0.3 is 0 Å². The van der Waals surface area contributed by atoms with Crippen LogP contribution in [-0.2, 0) is 4.74 Å². The molecule has 1 N–H and O–H groups in total. The Balaban J connectivity index is 2.01. The smallest absolute Gasteiger partial charge is 0.0703 e. The Bertz CT molecular complexity index is 234. The SMILES string of the molecule is CNC1CCCCCC1N(C)C1CCOC1C. The fourth-order valence-electron chi connectivity index (χ4n) is 3.61. The van der Waals surface area contributed by atoms with Gasteiger partial charge in [0.2, 0.25) is 0 Å². The highest BCUT2D eigenvalue weighted by atomic mass is 16.5. The molecular weight excluding hydrogens is 212 g/mol. The molecule has 1 saturated carbocycles. The number of ether oxygens (including phenoxy) is 1. The number of hydrogen-bond donors (Lipinski definition) is 1. The summed E-state index contributed by atoms with van der Waals surface area (Å²) in [5, 5.41) is 3.53. The predicted octanol–water partition coefficient (Wildman–Crippen LogP) is 2.02. The summed E-state index contributed by atoms with van der Waals surface area (Å²) in [7, 11) is 4.42. The van der Waals surface area contributed by atoms with Gasteiger partial charge in [-0.2, -0.15) is 0 Å². The zero-order valence-electron chi connectivity index (χ0n) is 11.6. The van der Waals surface area contributed by atoms with Crippen LogP contribution in [0.15, 0.2) is 0 Å². The van der Waals surface area contributed by atoms with Crippen LogP contribution in [0.3, 0.4) is 0 Å². The number of likely N-dealkylation sites (N-methyl/N-ethyl adjacent to an activating group) is 2. The minimum absolute atomic E-state index is 0.403. The topological polar surface area (TPSA) is 24.5 Å². The molecule has 2 aliphatic rings. The van der Waals surface area contributed by atoms with Crippen LogP contribution >= 0.6 is 0 Å². The molecule has 3 heteroatoms. The maximum Gasteiger partial charge on any atom is 0.0703 e. The van der Waals surface area contributed by atoms with Crippen molar-refractivity contribution in [1.29, 1.82) is 0 Å². The van der Waals surface area contributed by atoms with Crippen molar-refractivity contribution in [2.45, 2.75) is 69.7 Å². The van der Waals surface area contributed by atoms with E-state index in [0.29, 0.717) is 24.2 Å². The van der Waals surface area contributed by atoms with E-state index in [0.717, 1.165) is 6.61 Å². The molecule has 1 heterocycles. The van der Waals surface area contributed by atoms with Gasteiger partial charge < -0.3 is 10.1 Å². The number of hydrogen-bond acceptors (Lipinski definition) is 3. The second-order valence-corrected chi connectivity index (χ2v) is 5.70. The van der Waals surface area contributed by atoms with E-state index in [1.54, 1.807) is 0 Å². The van der Waals surface area contributed by atoms with E-state index in [2.05, 4.69) is 31.2 Å². The Morgan fingerprint density at radius 3 is 2.47 bits per heavy atom. The summed E-state index contributed by atoms with van der Waals surface area (Å²) in [6, 6.07) is 1.97. The minimum Gasteiger partial charge on any atom is -0.377 e. The predicted molar refractivity (Wildman–Crippen MR) is 71.3 cm³/mol. The summed E-state index contributed by atoms with van der Waals surface area (Å²) in [6.45, 7) is 3.16. The molecular formula is C14H28N2O. The van der Waals surface area contributed by atoms with E-state index in [4.69, 9.17) is 4.74 Å². The zero-order chi connectivity index (χ0) is 12.3. The van der Waals surface area contributed by atoms with Crippen molar-refractivity contribution >= 4 is 0 Å². The van der Waals surface area contributed by atoms with Gasteiger partial charge in [0.1, 0.15) is 0 Å². The molecule has 1 aliphatic heterocycles. The molecule has 0 aromatic rings. The first-order valence-electron chi connectivity index (χ1n) is 7.25. The number of rotatable bonds is 3. The summed E-state index contributed by atoms with van der Waals surface area (Å²) in [4.78, 5) is 2.60. The van der Waals surface area contributed by atoms with Crippen LogP contribution in [0.5, 0.6) is 0 Å². The summed E-state index contributed by atoms with van der Waals surface area (Å²) in [6.07, 6.45) is 8.44. The van der Waals surface area contributed by atoms with Crippen LogP contribution in [-0.4, -0.2) is 49.8 Å². The average molecular weight is 240 g/mol. The molecule has 100 valence electrons. The van der Waals surface area contributed by atoms with Crippen molar-refractivity contribution in [1.82, 2.24) is 10.2 Å². The lowest BCUT2D eigenvalue weighted by atomic mass is 9.98. The summed E-state index contributed by atoms with van der Waals surface area (Å²) in [5.74, 6) is 0. The molecule has 0 bridgehead atoms. The van der Waals surface area contributed by atoms with Gasteiger partial charge in [-0.05, 0) is 40.3 Å². The van der Waals surface area contributed by atoms with Crippen molar-refractivity contribution in [2.24, 2.45) is 0 Å². The quantitative estimate of drug-likeness (QED) is 0.764. The van der Waals surface area contributed by atoms with Crippen LogP contribution in [0.2, 0.25) is 0 Å². The first kappa shape index (κ1) is 13.3. The summed E-state index contributed by atoms with van der Waals surface area (Å²) in [5.41, 5.74) is 0. The number of nitrogens with zero attached hydrogens (tertiary/aromatic N) is 1. The number of nitrogens with one attached hydrogen (secondary N) is 1. The van der Waals surface area contributed by atoms with Gasteiger partial charge in [-0.1, -0.05) is 19.3 Å². The van der Waals surface area contributed by atoms with Gasteiger partial charge in [-0.15, -0.1) is 0 Å². The second-order valence-electron chi connectivity index (χ2n) is 5.70. The lowest BCUT2D eigenvalue weighted by molar-refractivity contribution is 0.0568. The van der Waals surface area contributed by atoms with Crippen LogP contribution in [0.25, 0.3) is 0 Å². The van der Waals surface area contributed by atoms with Crippen molar-refractivity contribution in [3.63, 3.8) is 0 Å². The Hall–Kier alpha value is -0.120. The van der Waals surface area contributed by atoms with E-state index < -0.39 is 0 Å². The third-order valence-corrected chi connectivity index (χ3v) is 4.73. The highest BCUT2D eigenvalue weighted by molar-refractivity contribution is 4.91. The maximum absolute atomic E-state index is 5.72. The third kappa shape index (κ3) is 3.01. The highest BCUT2D eigenvalue weighted by Gasteiger charge is 2.35. The molecule has 2 fully saturated rings.